The fourth-order valence-corrected chi connectivity index (χ4v) is 3.53. The van der Waals surface area contributed by atoms with Crippen LogP contribution in [0.1, 0.15) is 46.1 Å². The van der Waals surface area contributed by atoms with Crippen LogP contribution in [0.5, 0.6) is 0 Å². The van der Waals surface area contributed by atoms with Crippen LogP contribution >= 0.6 is 11.6 Å². The first kappa shape index (κ1) is 17.8. The molecule has 1 amide bonds. The standard InChI is InChI=1S/C17H23ClN4O3/c1-17(2,3)25-15(23)20-10-5-6-11(7-10)22-12-8-14(18)19-9-13(12)21(4)16(22)24/h8-11H,5-7H2,1-4H3,(H,20,23)/t10-,11-/m1/s1. The van der Waals surface area contributed by atoms with Crippen molar-refractivity contribution < 1.29 is 9.53 Å². The number of aromatic nitrogens is 3. The van der Waals surface area contributed by atoms with E-state index in [1.165, 1.54) is 0 Å². The number of hydrogen-bond acceptors (Lipinski definition) is 4. The molecule has 1 aliphatic carbocycles. The SMILES string of the molecule is Cn1c(=O)n([C@@H]2CC[C@@H](NC(=O)OC(C)(C)C)C2)c2cc(Cl)ncc21. The van der Waals surface area contributed by atoms with Gasteiger partial charge in [0.25, 0.3) is 0 Å². The zero-order valence-corrected chi connectivity index (χ0v) is 15.6. The molecule has 136 valence electrons. The van der Waals surface area contributed by atoms with E-state index in [4.69, 9.17) is 16.3 Å². The van der Waals surface area contributed by atoms with Gasteiger partial charge < -0.3 is 10.1 Å². The second kappa shape index (κ2) is 6.37. The molecule has 1 saturated carbocycles. The third-order valence-electron chi connectivity index (χ3n) is 4.43. The molecule has 0 spiro atoms. The average molecular weight is 367 g/mol. The summed E-state index contributed by atoms with van der Waals surface area (Å²) in [6.45, 7) is 5.49. The predicted octanol–water partition coefficient (Wildman–Crippen LogP) is 3.01. The first-order chi connectivity index (χ1) is 11.7. The Morgan fingerprint density at radius 3 is 2.76 bits per heavy atom. The number of carbonyl (C=O) groups is 1. The molecule has 0 saturated heterocycles. The van der Waals surface area contributed by atoms with Crippen molar-refractivity contribution in [3.8, 4) is 0 Å². The van der Waals surface area contributed by atoms with E-state index >= 15 is 0 Å². The van der Waals surface area contributed by atoms with Crippen molar-refractivity contribution in [2.75, 3.05) is 0 Å². The number of imidazole rings is 1. The van der Waals surface area contributed by atoms with Gasteiger partial charge >= 0.3 is 11.8 Å². The number of halogens is 1. The topological polar surface area (TPSA) is 78.2 Å². The summed E-state index contributed by atoms with van der Waals surface area (Å²) in [7, 11) is 1.72. The van der Waals surface area contributed by atoms with Gasteiger partial charge in [-0.05, 0) is 40.0 Å². The Hall–Kier alpha value is -2.02. The lowest BCUT2D eigenvalue weighted by Gasteiger charge is -2.21. The van der Waals surface area contributed by atoms with Gasteiger partial charge in [0.05, 0.1) is 17.2 Å². The third-order valence-corrected chi connectivity index (χ3v) is 4.64. The number of aryl methyl sites for hydroxylation is 1. The molecular weight excluding hydrogens is 344 g/mol. The van der Waals surface area contributed by atoms with E-state index in [0.29, 0.717) is 11.6 Å². The van der Waals surface area contributed by atoms with Crippen molar-refractivity contribution in [3.05, 3.63) is 27.9 Å². The summed E-state index contributed by atoms with van der Waals surface area (Å²) >= 11 is 6.01. The molecule has 1 fully saturated rings. The normalized spacial score (nSPS) is 20.8. The molecule has 0 aromatic carbocycles. The van der Waals surface area contributed by atoms with E-state index in [9.17, 15) is 9.59 Å². The maximum Gasteiger partial charge on any atom is 0.407 e. The summed E-state index contributed by atoms with van der Waals surface area (Å²) in [5, 5.41) is 3.25. The number of nitrogens with zero attached hydrogens (tertiary/aromatic N) is 3. The van der Waals surface area contributed by atoms with Gasteiger partial charge in [-0.15, -0.1) is 0 Å². The van der Waals surface area contributed by atoms with Gasteiger partial charge in [0.2, 0.25) is 0 Å². The third kappa shape index (κ3) is 3.66. The van der Waals surface area contributed by atoms with E-state index < -0.39 is 11.7 Å². The molecule has 0 radical (unpaired) electrons. The predicted molar refractivity (Wildman–Crippen MR) is 96.0 cm³/mol. The maximum absolute atomic E-state index is 12.6. The number of carbonyl (C=O) groups excluding carboxylic acids is 1. The Morgan fingerprint density at radius 1 is 1.36 bits per heavy atom. The van der Waals surface area contributed by atoms with E-state index in [-0.39, 0.29) is 17.8 Å². The molecule has 25 heavy (non-hydrogen) atoms. The molecule has 8 heteroatoms. The van der Waals surface area contributed by atoms with E-state index in [1.807, 2.05) is 20.8 Å². The Morgan fingerprint density at radius 2 is 2.08 bits per heavy atom. The maximum atomic E-state index is 12.6. The Kier molecular flexibility index (Phi) is 4.53. The molecule has 2 aromatic heterocycles. The summed E-state index contributed by atoms with van der Waals surface area (Å²) in [5.41, 5.74) is 0.897. The number of hydrogen-bond donors (Lipinski definition) is 1. The Labute approximate surface area is 150 Å². The molecule has 2 atom stereocenters. The lowest BCUT2D eigenvalue weighted by atomic mass is 10.2. The molecule has 2 heterocycles. The Balaban J connectivity index is 1.80. The smallest absolute Gasteiger partial charge is 0.407 e. The molecule has 1 N–H and O–H groups in total. The Bertz CT molecular complexity index is 865. The van der Waals surface area contributed by atoms with Gasteiger partial charge in [0, 0.05) is 25.2 Å². The minimum atomic E-state index is -0.529. The summed E-state index contributed by atoms with van der Waals surface area (Å²) in [4.78, 5) is 28.7. The summed E-state index contributed by atoms with van der Waals surface area (Å²) < 4.78 is 8.65. The first-order valence-corrected chi connectivity index (χ1v) is 8.75. The molecule has 1 aliphatic rings. The van der Waals surface area contributed by atoms with Crippen LogP contribution in [0.2, 0.25) is 5.15 Å². The van der Waals surface area contributed by atoms with Gasteiger partial charge in [-0.3, -0.25) is 9.13 Å². The first-order valence-electron chi connectivity index (χ1n) is 8.37. The van der Waals surface area contributed by atoms with Crippen LogP contribution in [-0.2, 0) is 11.8 Å². The fraction of sp³-hybridized carbons (Fsp3) is 0.588. The number of fused-ring (bicyclic) bond motifs is 1. The van der Waals surface area contributed by atoms with Crippen molar-refractivity contribution in [2.45, 2.75) is 57.7 Å². The summed E-state index contributed by atoms with van der Waals surface area (Å²) in [6, 6.07) is 1.71. The zero-order valence-electron chi connectivity index (χ0n) is 14.9. The minimum Gasteiger partial charge on any atom is -0.444 e. The molecular formula is C17H23ClN4O3. The van der Waals surface area contributed by atoms with Crippen molar-refractivity contribution in [1.29, 1.82) is 0 Å². The molecule has 0 unspecified atom stereocenters. The van der Waals surface area contributed by atoms with Crippen LogP contribution < -0.4 is 11.0 Å². The van der Waals surface area contributed by atoms with Crippen LogP contribution in [0.3, 0.4) is 0 Å². The number of alkyl carbamates (subject to hydrolysis) is 1. The molecule has 3 rings (SSSR count). The van der Waals surface area contributed by atoms with E-state index in [1.54, 1.807) is 28.4 Å². The lowest BCUT2D eigenvalue weighted by molar-refractivity contribution is 0.0505. The van der Waals surface area contributed by atoms with Crippen molar-refractivity contribution in [1.82, 2.24) is 19.4 Å². The largest absolute Gasteiger partial charge is 0.444 e. The van der Waals surface area contributed by atoms with Gasteiger partial charge in [-0.25, -0.2) is 14.6 Å². The van der Waals surface area contributed by atoms with E-state index in [2.05, 4.69) is 10.3 Å². The number of amides is 1. The molecule has 0 aliphatic heterocycles. The summed E-state index contributed by atoms with van der Waals surface area (Å²) in [5.74, 6) is 0. The zero-order chi connectivity index (χ0) is 18.4. The molecule has 0 bridgehead atoms. The highest BCUT2D eigenvalue weighted by Gasteiger charge is 2.31. The highest BCUT2D eigenvalue weighted by Crippen LogP contribution is 2.32. The van der Waals surface area contributed by atoms with Gasteiger partial charge in [-0.1, -0.05) is 11.6 Å². The number of nitrogens with one attached hydrogen (secondary N) is 1. The minimum absolute atomic E-state index is 0.00889. The fourth-order valence-electron chi connectivity index (χ4n) is 3.38. The highest BCUT2D eigenvalue weighted by molar-refractivity contribution is 6.29. The van der Waals surface area contributed by atoms with Crippen LogP contribution in [0.15, 0.2) is 17.1 Å². The monoisotopic (exact) mass is 366 g/mol. The van der Waals surface area contributed by atoms with Crippen molar-refractivity contribution in [2.24, 2.45) is 7.05 Å². The second-order valence-electron chi connectivity index (χ2n) is 7.52. The lowest BCUT2D eigenvalue weighted by Crippen LogP contribution is -2.38. The van der Waals surface area contributed by atoms with Crippen LogP contribution in [-0.4, -0.2) is 31.9 Å². The number of rotatable bonds is 2. The van der Waals surface area contributed by atoms with Gasteiger partial charge in [0.1, 0.15) is 10.8 Å². The van der Waals surface area contributed by atoms with Gasteiger partial charge in [0.15, 0.2) is 0 Å². The molecule has 7 nitrogen and oxygen atoms in total. The van der Waals surface area contributed by atoms with E-state index in [0.717, 1.165) is 23.9 Å². The highest BCUT2D eigenvalue weighted by atomic mass is 35.5. The quantitative estimate of drug-likeness (QED) is 0.829. The van der Waals surface area contributed by atoms with Crippen molar-refractivity contribution in [3.63, 3.8) is 0 Å². The number of pyridine rings is 1. The summed E-state index contributed by atoms with van der Waals surface area (Å²) in [6.07, 6.45) is 3.47. The average Bonchev–Trinajstić information content (AvgIpc) is 3.01. The van der Waals surface area contributed by atoms with Crippen LogP contribution in [0, 0.1) is 0 Å². The number of ether oxygens (including phenoxy) is 1. The van der Waals surface area contributed by atoms with Crippen molar-refractivity contribution >= 4 is 28.7 Å². The molecule has 2 aromatic rings. The van der Waals surface area contributed by atoms with Gasteiger partial charge in [-0.2, -0.15) is 0 Å². The van der Waals surface area contributed by atoms with Crippen LogP contribution in [0.25, 0.3) is 11.0 Å². The second-order valence-corrected chi connectivity index (χ2v) is 7.90. The van der Waals surface area contributed by atoms with Crippen LogP contribution in [0.4, 0.5) is 4.79 Å².